The standard InChI is InChI=1S/C11H20/c1-5-10(6-2)9-8(4)11(9,10)7-3/h8-9H,5-7H2,1-4H3. The van der Waals surface area contributed by atoms with Gasteiger partial charge in [0, 0.05) is 0 Å². The van der Waals surface area contributed by atoms with Crippen LogP contribution >= 0.6 is 0 Å². The van der Waals surface area contributed by atoms with Gasteiger partial charge in [-0.3, -0.25) is 0 Å². The van der Waals surface area contributed by atoms with Crippen molar-refractivity contribution in [2.75, 3.05) is 0 Å². The molecule has 2 saturated carbocycles. The Bertz CT molecular complexity index is 166. The molecule has 0 nitrogen and oxygen atoms in total. The van der Waals surface area contributed by atoms with E-state index >= 15 is 0 Å². The summed E-state index contributed by atoms with van der Waals surface area (Å²) in [5, 5.41) is 0. The van der Waals surface area contributed by atoms with Crippen LogP contribution in [-0.2, 0) is 0 Å². The van der Waals surface area contributed by atoms with Gasteiger partial charge in [0.1, 0.15) is 0 Å². The minimum Gasteiger partial charge on any atom is -0.0648 e. The second-order valence-corrected chi connectivity index (χ2v) is 4.52. The third-order valence-corrected chi connectivity index (χ3v) is 5.04. The van der Waals surface area contributed by atoms with E-state index in [0.717, 1.165) is 22.7 Å². The molecule has 0 N–H and O–H groups in total. The molecule has 64 valence electrons. The number of fused-ring (bicyclic) bond motifs is 1. The van der Waals surface area contributed by atoms with Crippen LogP contribution < -0.4 is 0 Å². The molecular formula is C11H20. The molecule has 0 amide bonds. The average Bonchev–Trinajstić information content (AvgIpc) is 2.86. The van der Waals surface area contributed by atoms with Crippen LogP contribution in [0.4, 0.5) is 0 Å². The SMILES string of the molecule is CCC1(CC)C2C(C)C21CC. The molecule has 0 aromatic rings. The van der Waals surface area contributed by atoms with Crippen molar-refractivity contribution in [3.8, 4) is 0 Å². The molecule has 0 saturated heterocycles. The summed E-state index contributed by atoms with van der Waals surface area (Å²) < 4.78 is 0. The molecule has 0 heterocycles. The van der Waals surface area contributed by atoms with Gasteiger partial charge in [0.15, 0.2) is 0 Å². The summed E-state index contributed by atoms with van der Waals surface area (Å²) in [6.07, 6.45) is 4.28. The molecule has 2 aliphatic rings. The smallest absolute Gasteiger partial charge is 0.0176 e. The Hall–Kier alpha value is 0. The lowest BCUT2D eigenvalue weighted by Gasteiger charge is -2.27. The van der Waals surface area contributed by atoms with Crippen molar-refractivity contribution in [3.05, 3.63) is 0 Å². The van der Waals surface area contributed by atoms with E-state index in [1.54, 1.807) is 0 Å². The van der Waals surface area contributed by atoms with Gasteiger partial charge in [-0.2, -0.15) is 0 Å². The van der Waals surface area contributed by atoms with Gasteiger partial charge in [0.2, 0.25) is 0 Å². The van der Waals surface area contributed by atoms with Crippen LogP contribution in [-0.4, -0.2) is 0 Å². The molecule has 3 unspecified atom stereocenters. The Kier molecular flexibility index (Phi) is 1.28. The van der Waals surface area contributed by atoms with Crippen LogP contribution in [0.5, 0.6) is 0 Å². The first kappa shape index (κ1) is 7.64. The summed E-state index contributed by atoms with van der Waals surface area (Å²) in [4.78, 5) is 0. The van der Waals surface area contributed by atoms with Gasteiger partial charge in [-0.25, -0.2) is 0 Å². The molecule has 0 radical (unpaired) electrons. The molecule has 2 aliphatic carbocycles. The number of hydrogen-bond acceptors (Lipinski definition) is 0. The zero-order chi connectivity index (χ0) is 8.28. The van der Waals surface area contributed by atoms with E-state index in [9.17, 15) is 0 Å². The van der Waals surface area contributed by atoms with Crippen LogP contribution in [0.15, 0.2) is 0 Å². The van der Waals surface area contributed by atoms with Gasteiger partial charge in [-0.05, 0) is 41.9 Å². The van der Waals surface area contributed by atoms with Crippen molar-refractivity contribution >= 4 is 0 Å². The Labute approximate surface area is 70.4 Å². The van der Waals surface area contributed by atoms with E-state index in [1.165, 1.54) is 19.3 Å². The predicted molar refractivity (Wildman–Crippen MR) is 48.4 cm³/mol. The summed E-state index contributed by atoms with van der Waals surface area (Å²) in [5.41, 5.74) is 1.64. The number of rotatable bonds is 3. The molecule has 2 fully saturated rings. The maximum Gasteiger partial charge on any atom is -0.0176 e. The monoisotopic (exact) mass is 152 g/mol. The topological polar surface area (TPSA) is 0 Å². The summed E-state index contributed by atoms with van der Waals surface area (Å²) >= 11 is 0. The van der Waals surface area contributed by atoms with Gasteiger partial charge in [0.05, 0.1) is 0 Å². The highest BCUT2D eigenvalue weighted by atomic mass is 14.9. The van der Waals surface area contributed by atoms with Crippen LogP contribution in [0.2, 0.25) is 0 Å². The second-order valence-electron chi connectivity index (χ2n) is 4.52. The lowest BCUT2D eigenvalue weighted by atomic mass is 9.77. The molecule has 11 heavy (non-hydrogen) atoms. The lowest BCUT2D eigenvalue weighted by Crippen LogP contribution is -2.20. The van der Waals surface area contributed by atoms with Crippen molar-refractivity contribution in [2.24, 2.45) is 22.7 Å². The molecule has 0 aromatic heterocycles. The Morgan fingerprint density at radius 1 is 1.00 bits per heavy atom. The molecule has 3 atom stereocenters. The van der Waals surface area contributed by atoms with Crippen molar-refractivity contribution in [2.45, 2.75) is 47.0 Å². The first-order valence-electron chi connectivity index (χ1n) is 5.21. The van der Waals surface area contributed by atoms with Crippen LogP contribution in [0.25, 0.3) is 0 Å². The Balaban J connectivity index is 2.14. The summed E-state index contributed by atoms with van der Waals surface area (Å²) in [6.45, 7) is 9.57. The van der Waals surface area contributed by atoms with E-state index in [1.807, 2.05) is 0 Å². The summed E-state index contributed by atoms with van der Waals surface area (Å²) in [6, 6.07) is 0. The predicted octanol–water partition coefficient (Wildman–Crippen LogP) is 3.47. The molecule has 2 rings (SSSR count). The van der Waals surface area contributed by atoms with Crippen LogP contribution in [0.1, 0.15) is 47.0 Å². The average molecular weight is 152 g/mol. The van der Waals surface area contributed by atoms with E-state index in [-0.39, 0.29) is 0 Å². The highest BCUT2D eigenvalue weighted by Crippen LogP contribution is 2.94. The van der Waals surface area contributed by atoms with Crippen molar-refractivity contribution < 1.29 is 0 Å². The Morgan fingerprint density at radius 2 is 1.55 bits per heavy atom. The lowest BCUT2D eigenvalue weighted by molar-refractivity contribution is 0.214. The van der Waals surface area contributed by atoms with E-state index in [2.05, 4.69) is 27.7 Å². The van der Waals surface area contributed by atoms with E-state index in [4.69, 9.17) is 0 Å². The summed E-state index contributed by atoms with van der Waals surface area (Å²) in [5.74, 6) is 2.18. The molecule has 0 bridgehead atoms. The normalized spacial score (nSPS) is 50.2. The minimum absolute atomic E-state index is 0.807. The molecule has 0 heteroatoms. The molecule has 0 spiro atoms. The van der Waals surface area contributed by atoms with Gasteiger partial charge in [-0.1, -0.05) is 27.7 Å². The Morgan fingerprint density at radius 3 is 1.64 bits per heavy atom. The van der Waals surface area contributed by atoms with Gasteiger partial charge in [0.25, 0.3) is 0 Å². The van der Waals surface area contributed by atoms with Gasteiger partial charge < -0.3 is 0 Å². The zero-order valence-corrected chi connectivity index (χ0v) is 8.28. The third-order valence-electron chi connectivity index (χ3n) is 5.04. The van der Waals surface area contributed by atoms with Gasteiger partial charge >= 0.3 is 0 Å². The maximum absolute atomic E-state index is 2.44. The fraction of sp³-hybridized carbons (Fsp3) is 1.00. The van der Waals surface area contributed by atoms with Crippen LogP contribution in [0, 0.1) is 22.7 Å². The highest BCUT2D eigenvalue weighted by Gasteiger charge is 2.89. The van der Waals surface area contributed by atoms with Crippen molar-refractivity contribution in [3.63, 3.8) is 0 Å². The largest absolute Gasteiger partial charge is 0.0648 e. The highest BCUT2D eigenvalue weighted by molar-refractivity contribution is 5.36. The fourth-order valence-corrected chi connectivity index (χ4v) is 4.44. The quantitative estimate of drug-likeness (QED) is 0.581. The van der Waals surface area contributed by atoms with Crippen molar-refractivity contribution in [1.82, 2.24) is 0 Å². The molecule has 0 aromatic carbocycles. The summed E-state index contributed by atoms with van der Waals surface area (Å²) in [7, 11) is 0. The molecule has 0 aliphatic heterocycles. The van der Waals surface area contributed by atoms with Crippen LogP contribution in [0.3, 0.4) is 0 Å². The van der Waals surface area contributed by atoms with E-state index < -0.39 is 0 Å². The first-order valence-corrected chi connectivity index (χ1v) is 5.21. The number of hydrogen-bond donors (Lipinski definition) is 0. The maximum atomic E-state index is 2.44. The second kappa shape index (κ2) is 1.84. The molecular weight excluding hydrogens is 132 g/mol. The third kappa shape index (κ3) is 0.494. The zero-order valence-electron chi connectivity index (χ0n) is 8.28. The van der Waals surface area contributed by atoms with Crippen molar-refractivity contribution in [1.29, 1.82) is 0 Å². The fourth-order valence-electron chi connectivity index (χ4n) is 4.44. The van der Waals surface area contributed by atoms with E-state index in [0.29, 0.717) is 0 Å². The first-order chi connectivity index (χ1) is 5.21. The van der Waals surface area contributed by atoms with Gasteiger partial charge in [-0.15, -0.1) is 0 Å². The minimum atomic E-state index is 0.807.